The zero-order chi connectivity index (χ0) is 14.8. The molecule has 2 rings (SSSR count). The third-order valence-corrected chi connectivity index (χ3v) is 4.60. The highest BCUT2D eigenvalue weighted by atomic mass is 16.4. The van der Waals surface area contributed by atoms with Crippen LogP contribution in [-0.4, -0.2) is 53.2 Å². The van der Waals surface area contributed by atoms with E-state index < -0.39 is 11.5 Å². The van der Waals surface area contributed by atoms with Crippen LogP contribution in [0.3, 0.4) is 0 Å². The molecule has 0 aromatic heterocycles. The molecule has 6 nitrogen and oxygen atoms in total. The van der Waals surface area contributed by atoms with Crippen LogP contribution in [0.2, 0.25) is 0 Å². The molecule has 20 heavy (non-hydrogen) atoms. The van der Waals surface area contributed by atoms with E-state index in [-0.39, 0.29) is 12.1 Å². The predicted molar refractivity (Wildman–Crippen MR) is 75.6 cm³/mol. The van der Waals surface area contributed by atoms with Gasteiger partial charge in [-0.15, -0.1) is 0 Å². The maximum absolute atomic E-state index is 11.9. The van der Waals surface area contributed by atoms with Crippen molar-refractivity contribution in [3.8, 4) is 0 Å². The third kappa shape index (κ3) is 3.42. The van der Waals surface area contributed by atoms with Crippen molar-refractivity contribution in [2.75, 3.05) is 13.6 Å². The number of rotatable bonds is 6. The Morgan fingerprint density at radius 3 is 2.45 bits per heavy atom. The smallest absolute Gasteiger partial charge is 0.329 e. The number of hydrogen-bond acceptors (Lipinski definition) is 3. The van der Waals surface area contributed by atoms with Gasteiger partial charge in [0.2, 0.25) is 0 Å². The molecule has 1 atom stereocenters. The average molecular weight is 283 g/mol. The van der Waals surface area contributed by atoms with Gasteiger partial charge in [-0.05, 0) is 39.7 Å². The van der Waals surface area contributed by atoms with E-state index in [2.05, 4.69) is 29.5 Å². The normalized spacial score (nSPS) is 22.6. The minimum Gasteiger partial charge on any atom is -0.480 e. The molecule has 2 aliphatic carbocycles. The molecule has 0 aromatic rings. The summed E-state index contributed by atoms with van der Waals surface area (Å²) in [5, 5.41) is 14.8. The fraction of sp³-hybridized carbons (Fsp3) is 0.857. The monoisotopic (exact) mass is 283 g/mol. The third-order valence-electron chi connectivity index (χ3n) is 4.60. The fourth-order valence-electron chi connectivity index (χ4n) is 2.86. The van der Waals surface area contributed by atoms with Gasteiger partial charge in [0.05, 0.1) is 0 Å². The van der Waals surface area contributed by atoms with Crippen LogP contribution < -0.4 is 10.6 Å². The molecule has 2 amide bonds. The van der Waals surface area contributed by atoms with Crippen molar-refractivity contribution >= 4 is 12.0 Å². The van der Waals surface area contributed by atoms with Gasteiger partial charge in [-0.25, -0.2) is 9.59 Å². The SMILES string of the molecule is CC(CNC(=O)NC1(C(=O)O)CCCC1)N(C)C1CC1. The lowest BCUT2D eigenvalue weighted by molar-refractivity contribution is -0.144. The first-order valence-electron chi connectivity index (χ1n) is 7.46. The molecule has 0 aromatic carbocycles. The topological polar surface area (TPSA) is 81.7 Å². The summed E-state index contributed by atoms with van der Waals surface area (Å²) in [6.45, 7) is 2.61. The van der Waals surface area contributed by atoms with Crippen LogP contribution in [0.25, 0.3) is 0 Å². The van der Waals surface area contributed by atoms with Gasteiger partial charge < -0.3 is 15.7 Å². The molecule has 2 aliphatic rings. The van der Waals surface area contributed by atoms with Crippen LogP contribution >= 0.6 is 0 Å². The lowest BCUT2D eigenvalue weighted by Crippen LogP contribution is -2.56. The Bertz CT molecular complexity index is 376. The number of carbonyl (C=O) groups excluding carboxylic acids is 1. The minimum absolute atomic E-state index is 0.262. The van der Waals surface area contributed by atoms with Gasteiger partial charge in [-0.2, -0.15) is 0 Å². The van der Waals surface area contributed by atoms with Crippen LogP contribution in [0.1, 0.15) is 45.4 Å². The molecular formula is C14H25N3O3. The van der Waals surface area contributed by atoms with Crippen molar-refractivity contribution in [3.05, 3.63) is 0 Å². The van der Waals surface area contributed by atoms with E-state index in [1.807, 2.05) is 0 Å². The van der Waals surface area contributed by atoms with Gasteiger partial charge in [0, 0.05) is 18.6 Å². The highest BCUT2D eigenvalue weighted by Gasteiger charge is 2.42. The maximum atomic E-state index is 11.9. The number of amides is 2. The van der Waals surface area contributed by atoms with E-state index in [0.29, 0.717) is 25.4 Å². The Labute approximate surface area is 119 Å². The van der Waals surface area contributed by atoms with Crippen LogP contribution in [0, 0.1) is 0 Å². The number of aliphatic carboxylic acids is 1. The highest BCUT2D eigenvalue weighted by molar-refractivity contribution is 5.86. The number of nitrogens with zero attached hydrogens (tertiary/aromatic N) is 1. The largest absolute Gasteiger partial charge is 0.480 e. The first kappa shape index (κ1) is 15.1. The summed E-state index contributed by atoms with van der Waals surface area (Å²) in [7, 11) is 2.07. The number of hydrogen-bond donors (Lipinski definition) is 3. The first-order chi connectivity index (χ1) is 9.44. The fourth-order valence-corrected chi connectivity index (χ4v) is 2.86. The Hall–Kier alpha value is -1.30. The average Bonchev–Trinajstić information content (AvgIpc) is 3.15. The number of nitrogens with one attached hydrogen (secondary N) is 2. The molecule has 0 spiro atoms. The zero-order valence-corrected chi connectivity index (χ0v) is 12.3. The first-order valence-corrected chi connectivity index (χ1v) is 7.46. The molecule has 0 heterocycles. The second-order valence-electron chi connectivity index (χ2n) is 6.18. The highest BCUT2D eigenvalue weighted by Crippen LogP contribution is 2.30. The number of carboxylic acid groups (broad SMARTS) is 1. The van der Waals surface area contributed by atoms with Gasteiger partial charge in [-0.3, -0.25) is 4.90 Å². The lowest BCUT2D eigenvalue weighted by Gasteiger charge is -2.28. The Morgan fingerprint density at radius 1 is 1.35 bits per heavy atom. The van der Waals surface area contributed by atoms with Crippen LogP contribution in [0.4, 0.5) is 4.79 Å². The summed E-state index contributed by atoms with van der Waals surface area (Å²) in [4.78, 5) is 25.5. The summed E-state index contributed by atoms with van der Waals surface area (Å²) < 4.78 is 0. The number of likely N-dealkylation sites (N-methyl/N-ethyl adjacent to an activating group) is 1. The summed E-state index contributed by atoms with van der Waals surface area (Å²) in [6, 6.07) is 0.540. The maximum Gasteiger partial charge on any atom is 0.329 e. The van der Waals surface area contributed by atoms with E-state index in [1.165, 1.54) is 12.8 Å². The zero-order valence-electron chi connectivity index (χ0n) is 12.3. The summed E-state index contributed by atoms with van der Waals surface area (Å²) in [5.41, 5.74) is -1.06. The van der Waals surface area contributed by atoms with Gasteiger partial charge in [0.15, 0.2) is 0 Å². The molecule has 3 N–H and O–H groups in total. The van der Waals surface area contributed by atoms with Crippen LogP contribution in [0.5, 0.6) is 0 Å². The van der Waals surface area contributed by atoms with Crippen molar-refractivity contribution in [2.24, 2.45) is 0 Å². The van der Waals surface area contributed by atoms with Crippen molar-refractivity contribution in [3.63, 3.8) is 0 Å². The van der Waals surface area contributed by atoms with E-state index in [9.17, 15) is 14.7 Å². The van der Waals surface area contributed by atoms with E-state index in [1.54, 1.807) is 0 Å². The molecule has 0 radical (unpaired) electrons. The van der Waals surface area contributed by atoms with E-state index in [4.69, 9.17) is 0 Å². The molecule has 0 saturated heterocycles. The van der Waals surface area contributed by atoms with Crippen LogP contribution in [0.15, 0.2) is 0 Å². The molecule has 1 unspecified atom stereocenters. The van der Waals surface area contributed by atoms with E-state index >= 15 is 0 Å². The number of carbonyl (C=O) groups is 2. The van der Waals surface area contributed by atoms with Crippen molar-refractivity contribution in [1.82, 2.24) is 15.5 Å². The van der Waals surface area contributed by atoms with Crippen molar-refractivity contribution in [2.45, 2.75) is 63.1 Å². The second kappa shape index (κ2) is 5.99. The molecule has 2 fully saturated rings. The minimum atomic E-state index is -1.06. The van der Waals surface area contributed by atoms with E-state index in [0.717, 1.165) is 12.8 Å². The number of urea groups is 1. The van der Waals surface area contributed by atoms with Crippen molar-refractivity contribution < 1.29 is 14.7 Å². The Morgan fingerprint density at radius 2 is 1.95 bits per heavy atom. The summed E-state index contributed by atoms with van der Waals surface area (Å²) in [6.07, 6.45) is 5.21. The molecular weight excluding hydrogens is 258 g/mol. The van der Waals surface area contributed by atoms with Crippen molar-refractivity contribution in [1.29, 1.82) is 0 Å². The molecule has 114 valence electrons. The van der Waals surface area contributed by atoms with Gasteiger partial charge in [0.25, 0.3) is 0 Å². The molecule has 0 aliphatic heterocycles. The quantitative estimate of drug-likeness (QED) is 0.683. The standard InChI is InChI=1S/C14H25N3O3/c1-10(17(2)11-5-6-11)9-15-13(20)16-14(12(18)19)7-3-4-8-14/h10-11H,3-9H2,1-2H3,(H,18,19)(H2,15,16,20). The molecule has 2 saturated carbocycles. The van der Waals surface area contributed by atoms with Gasteiger partial charge >= 0.3 is 12.0 Å². The Balaban J connectivity index is 1.78. The summed E-state index contributed by atoms with van der Waals surface area (Å²) >= 11 is 0. The predicted octanol–water partition coefficient (Wildman–Crippen LogP) is 1.17. The lowest BCUT2D eigenvalue weighted by atomic mass is 9.98. The van der Waals surface area contributed by atoms with Gasteiger partial charge in [-0.1, -0.05) is 12.8 Å². The second-order valence-corrected chi connectivity index (χ2v) is 6.18. The summed E-state index contributed by atoms with van der Waals surface area (Å²) in [5.74, 6) is -0.923. The molecule has 0 bridgehead atoms. The van der Waals surface area contributed by atoms with Gasteiger partial charge in [0.1, 0.15) is 5.54 Å². The molecule has 6 heteroatoms. The Kier molecular flexibility index (Phi) is 4.52. The van der Waals surface area contributed by atoms with Crippen LogP contribution in [-0.2, 0) is 4.79 Å². The number of carboxylic acids is 1.